The van der Waals surface area contributed by atoms with Gasteiger partial charge in [-0.25, -0.2) is 0 Å². The minimum Gasteiger partial charge on any atom is -0.481 e. The van der Waals surface area contributed by atoms with Gasteiger partial charge in [-0.1, -0.05) is 0 Å². The summed E-state index contributed by atoms with van der Waals surface area (Å²) in [6, 6.07) is -3.86. The van der Waals surface area contributed by atoms with Gasteiger partial charge in [0.25, 0.3) is 0 Å². The number of aliphatic carboxylic acids is 2. The van der Waals surface area contributed by atoms with Crippen molar-refractivity contribution in [2.45, 2.75) is 44.3 Å². The molecule has 13 nitrogen and oxygen atoms in total. The van der Waals surface area contributed by atoms with Crippen molar-refractivity contribution in [2.75, 3.05) is 6.54 Å². The highest BCUT2D eigenvalue weighted by atomic mass is 16.4. The van der Waals surface area contributed by atoms with Gasteiger partial charge in [0.1, 0.15) is 12.1 Å². The molecule has 0 aromatic heterocycles. The molecule has 0 aromatic carbocycles. The van der Waals surface area contributed by atoms with Crippen molar-refractivity contribution >= 4 is 35.6 Å². The number of hydrogen-bond donors (Lipinski definition) is 7. The molecule has 0 saturated carbocycles. The second kappa shape index (κ2) is 11.4. The number of hydrogen-bond acceptors (Lipinski definition) is 7. The first-order valence-corrected chi connectivity index (χ1v) is 7.80. The Morgan fingerprint density at radius 3 is 2.07 bits per heavy atom. The van der Waals surface area contributed by atoms with Gasteiger partial charge in [0, 0.05) is 6.42 Å². The molecule has 0 radical (unpaired) electrons. The molecule has 0 spiro atoms. The molecular formula is C14H23N5O8. The molecule has 9 N–H and O–H groups in total. The second-order valence-electron chi connectivity index (χ2n) is 5.62. The minimum atomic E-state index is -1.36. The van der Waals surface area contributed by atoms with Gasteiger partial charge in [-0.15, -0.1) is 0 Å². The van der Waals surface area contributed by atoms with Gasteiger partial charge in [0.2, 0.25) is 23.6 Å². The van der Waals surface area contributed by atoms with Gasteiger partial charge in [-0.2, -0.15) is 0 Å². The van der Waals surface area contributed by atoms with Crippen LogP contribution >= 0.6 is 0 Å². The summed E-state index contributed by atoms with van der Waals surface area (Å²) in [5.74, 6) is -5.90. The summed E-state index contributed by atoms with van der Waals surface area (Å²) in [7, 11) is 0. The summed E-state index contributed by atoms with van der Waals surface area (Å²) in [4.78, 5) is 67.6. The van der Waals surface area contributed by atoms with Gasteiger partial charge in [-0.3, -0.25) is 28.8 Å². The Kier molecular flexibility index (Phi) is 10.0. The molecule has 0 rings (SSSR count). The molecule has 0 fully saturated rings. The average Bonchev–Trinajstić information content (AvgIpc) is 2.55. The summed E-state index contributed by atoms with van der Waals surface area (Å²) < 4.78 is 0. The molecule has 0 aliphatic carbocycles. The number of rotatable bonds is 12. The standard InChI is InChI=1S/C14H23N5O8/c1-6(14(26)27)18-13(25)8(2-3-9(16)20)19-10(21)5-17-12(24)7(15)4-11(22)23/h6-8H,2-5,15H2,1H3,(H2,16,20)(H,17,24)(H,18,25)(H,19,21)(H,22,23)(H,26,27). The van der Waals surface area contributed by atoms with E-state index in [0.29, 0.717) is 0 Å². The third kappa shape index (κ3) is 10.4. The van der Waals surface area contributed by atoms with E-state index in [-0.39, 0.29) is 12.8 Å². The highest BCUT2D eigenvalue weighted by Crippen LogP contribution is 1.99. The predicted molar refractivity (Wildman–Crippen MR) is 88.8 cm³/mol. The third-order valence-electron chi connectivity index (χ3n) is 3.21. The van der Waals surface area contributed by atoms with Crippen molar-refractivity contribution in [3.05, 3.63) is 0 Å². The number of amides is 4. The number of primary amides is 1. The van der Waals surface area contributed by atoms with Gasteiger partial charge in [0.15, 0.2) is 0 Å². The summed E-state index contributed by atoms with van der Waals surface area (Å²) in [6.45, 7) is 0.595. The van der Waals surface area contributed by atoms with Crippen molar-refractivity contribution < 1.29 is 39.0 Å². The zero-order valence-electron chi connectivity index (χ0n) is 14.6. The van der Waals surface area contributed by atoms with Crippen LogP contribution in [-0.2, 0) is 28.8 Å². The Hall–Kier alpha value is -3.22. The first-order chi connectivity index (χ1) is 12.4. The largest absolute Gasteiger partial charge is 0.481 e. The van der Waals surface area contributed by atoms with Crippen LogP contribution in [0.2, 0.25) is 0 Å². The highest BCUT2D eigenvalue weighted by molar-refractivity contribution is 5.93. The van der Waals surface area contributed by atoms with Crippen LogP contribution in [-0.4, -0.2) is 70.5 Å². The molecule has 0 aromatic rings. The Balaban J connectivity index is 4.75. The van der Waals surface area contributed by atoms with E-state index in [1.807, 2.05) is 0 Å². The Morgan fingerprint density at radius 2 is 1.59 bits per heavy atom. The van der Waals surface area contributed by atoms with Gasteiger partial charge >= 0.3 is 11.9 Å². The molecule has 0 saturated heterocycles. The lowest BCUT2D eigenvalue weighted by Crippen LogP contribution is -2.53. The number of carboxylic acid groups (broad SMARTS) is 2. The summed E-state index contributed by atoms with van der Waals surface area (Å²) in [5.41, 5.74) is 10.3. The van der Waals surface area contributed by atoms with Crippen LogP contribution in [0.25, 0.3) is 0 Å². The van der Waals surface area contributed by atoms with E-state index >= 15 is 0 Å². The lowest BCUT2D eigenvalue weighted by molar-refractivity contribution is -0.141. The van der Waals surface area contributed by atoms with Crippen molar-refractivity contribution in [3.8, 4) is 0 Å². The molecule has 152 valence electrons. The van der Waals surface area contributed by atoms with Crippen LogP contribution in [0.15, 0.2) is 0 Å². The third-order valence-corrected chi connectivity index (χ3v) is 3.21. The normalized spacial score (nSPS) is 13.6. The average molecular weight is 389 g/mol. The molecule has 27 heavy (non-hydrogen) atoms. The minimum absolute atomic E-state index is 0.189. The Labute approximate surface area is 153 Å². The number of carboxylic acids is 2. The molecule has 0 heterocycles. The van der Waals surface area contributed by atoms with Crippen molar-refractivity contribution in [1.29, 1.82) is 0 Å². The summed E-state index contributed by atoms with van der Waals surface area (Å²) >= 11 is 0. The number of nitrogens with one attached hydrogen (secondary N) is 3. The molecule has 0 aliphatic heterocycles. The SMILES string of the molecule is CC(NC(=O)C(CCC(N)=O)NC(=O)CNC(=O)C(N)CC(=O)O)C(=O)O. The quantitative estimate of drug-likeness (QED) is 0.173. The highest BCUT2D eigenvalue weighted by Gasteiger charge is 2.25. The van der Waals surface area contributed by atoms with E-state index in [1.165, 1.54) is 6.92 Å². The maximum absolute atomic E-state index is 12.1. The number of carbonyl (C=O) groups excluding carboxylic acids is 4. The smallest absolute Gasteiger partial charge is 0.325 e. The monoisotopic (exact) mass is 389 g/mol. The molecule has 0 bridgehead atoms. The molecule has 3 atom stereocenters. The molecule has 3 unspecified atom stereocenters. The van der Waals surface area contributed by atoms with Gasteiger partial charge in [0.05, 0.1) is 19.0 Å². The van der Waals surface area contributed by atoms with Crippen LogP contribution in [0.3, 0.4) is 0 Å². The first-order valence-electron chi connectivity index (χ1n) is 7.80. The van der Waals surface area contributed by atoms with Crippen molar-refractivity contribution in [3.63, 3.8) is 0 Å². The topological polar surface area (TPSA) is 231 Å². The summed E-state index contributed by atoms with van der Waals surface area (Å²) in [5, 5.41) is 23.8. The zero-order valence-corrected chi connectivity index (χ0v) is 14.6. The van der Waals surface area contributed by atoms with Crippen LogP contribution in [0, 0.1) is 0 Å². The zero-order chi connectivity index (χ0) is 21.1. The first kappa shape index (κ1) is 23.8. The van der Waals surface area contributed by atoms with Crippen LogP contribution in [0.5, 0.6) is 0 Å². The molecule has 4 amide bonds. The molecule has 13 heteroatoms. The number of carbonyl (C=O) groups is 6. The second-order valence-corrected chi connectivity index (χ2v) is 5.62. The van der Waals surface area contributed by atoms with E-state index in [0.717, 1.165) is 0 Å². The van der Waals surface area contributed by atoms with E-state index in [4.69, 9.17) is 21.7 Å². The predicted octanol–water partition coefficient (Wildman–Crippen LogP) is -3.76. The molecular weight excluding hydrogens is 366 g/mol. The van der Waals surface area contributed by atoms with Crippen molar-refractivity contribution in [2.24, 2.45) is 11.5 Å². The van der Waals surface area contributed by atoms with Crippen molar-refractivity contribution in [1.82, 2.24) is 16.0 Å². The fourth-order valence-electron chi connectivity index (χ4n) is 1.76. The van der Waals surface area contributed by atoms with E-state index < -0.39 is 66.7 Å². The van der Waals surface area contributed by atoms with E-state index in [2.05, 4.69) is 16.0 Å². The lowest BCUT2D eigenvalue weighted by atomic mass is 10.1. The van der Waals surface area contributed by atoms with Crippen LogP contribution in [0.1, 0.15) is 26.2 Å². The van der Waals surface area contributed by atoms with E-state index in [1.54, 1.807) is 0 Å². The van der Waals surface area contributed by atoms with Gasteiger partial charge in [-0.05, 0) is 13.3 Å². The Bertz CT molecular complexity index is 608. The van der Waals surface area contributed by atoms with Crippen LogP contribution < -0.4 is 27.4 Å². The van der Waals surface area contributed by atoms with E-state index in [9.17, 15) is 28.8 Å². The molecule has 0 aliphatic rings. The van der Waals surface area contributed by atoms with Gasteiger partial charge < -0.3 is 37.6 Å². The maximum Gasteiger partial charge on any atom is 0.325 e. The van der Waals surface area contributed by atoms with Crippen LogP contribution in [0.4, 0.5) is 0 Å². The Morgan fingerprint density at radius 1 is 1.00 bits per heavy atom. The maximum atomic E-state index is 12.1. The number of nitrogens with two attached hydrogens (primary N) is 2. The lowest BCUT2D eigenvalue weighted by Gasteiger charge is -2.20. The fraction of sp³-hybridized carbons (Fsp3) is 0.571. The fourth-order valence-corrected chi connectivity index (χ4v) is 1.76. The summed E-state index contributed by atoms with van der Waals surface area (Å²) in [6.07, 6.45) is -1.08.